The molecule has 0 saturated carbocycles. The summed E-state index contributed by atoms with van der Waals surface area (Å²) >= 11 is 0. The Hall–Kier alpha value is -4.08. The predicted octanol–water partition coefficient (Wildman–Crippen LogP) is 2.85. The SMILES string of the molecule is NC(=O)c1cccc(NC(=O)OCCCCCOC(=O)Nc2cccc(C(N)=O)c2)c1. The Bertz CT molecular complexity index is 871. The summed E-state index contributed by atoms with van der Waals surface area (Å²) in [5.41, 5.74) is 11.8. The topological polar surface area (TPSA) is 163 Å². The van der Waals surface area contributed by atoms with Gasteiger partial charge in [0.05, 0.1) is 13.2 Å². The lowest BCUT2D eigenvalue weighted by molar-refractivity contribution is 0.0992. The summed E-state index contributed by atoms with van der Waals surface area (Å²) < 4.78 is 10.1. The van der Waals surface area contributed by atoms with E-state index in [-0.39, 0.29) is 24.3 Å². The van der Waals surface area contributed by atoms with Gasteiger partial charge in [-0.2, -0.15) is 0 Å². The number of carbonyl (C=O) groups excluding carboxylic acids is 4. The summed E-state index contributed by atoms with van der Waals surface area (Å²) in [5, 5.41) is 5.03. The molecule has 0 bridgehead atoms. The molecular weight excluding hydrogens is 404 g/mol. The summed E-state index contributed by atoms with van der Waals surface area (Å²) in [7, 11) is 0. The standard InChI is InChI=1S/C21H24N4O6/c22-18(26)14-6-4-8-16(12-14)24-20(28)30-10-2-1-3-11-31-21(29)25-17-9-5-7-15(13-17)19(23)27/h4-9,12-13H,1-3,10-11H2,(H2,22,26)(H2,23,27)(H,24,28)(H,25,29). The summed E-state index contributed by atoms with van der Waals surface area (Å²) in [6.07, 6.45) is 0.557. The second-order valence-electron chi connectivity index (χ2n) is 6.47. The van der Waals surface area contributed by atoms with Crippen LogP contribution in [0.3, 0.4) is 0 Å². The summed E-state index contributed by atoms with van der Waals surface area (Å²) in [4.78, 5) is 45.8. The van der Waals surface area contributed by atoms with Gasteiger partial charge in [0.25, 0.3) is 0 Å². The van der Waals surface area contributed by atoms with Crippen molar-refractivity contribution in [3.63, 3.8) is 0 Å². The average Bonchev–Trinajstić information content (AvgIpc) is 2.73. The first-order valence-corrected chi connectivity index (χ1v) is 9.52. The number of carbonyl (C=O) groups is 4. The van der Waals surface area contributed by atoms with Crippen molar-refractivity contribution in [2.24, 2.45) is 11.5 Å². The van der Waals surface area contributed by atoms with Crippen LogP contribution in [0.1, 0.15) is 40.0 Å². The Labute approximate surface area is 178 Å². The number of hydrogen-bond acceptors (Lipinski definition) is 6. The first-order valence-electron chi connectivity index (χ1n) is 9.52. The number of anilines is 2. The Kier molecular flexibility index (Phi) is 8.84. The van der Waals surface area contributed by atoms with Crippen molar-refractivity contribution in [2.75, 3.05) is 23.8 Å². The van der Waals surface area contributed by atoms with Gasteiger partial charge in [0.1, 0.15) is 0 Å². The summed E-state index contributed by atoms with van der Waals surface area (Å²) in [5.74, 6) is -1.18. The zero-order valence-corrected chi connectivity index (χ0v) is 16.8. The molecule has 2 rings (SSSR count). The normalized spacial score (nSPS) is 10.1. The minimum atomic E-state index is -0.643. The molecule has 0 radical (unpaired) electrons. The smallest absolute Gasteiger partial charge is 0.411 e. The molecule has 0 unspecified atom stereocenters. The van der Waals surface area contributed by atoms with Crippen molar-refractivity contribution in [3.05, 3.63) is 59.7 Å². The lowest BCUT2D eigenvalue weighted by Crippen LogP contribution is -2.16. The molecule has 0 spiro atoms. The molecule has 6 N–H and O–H groups in total. The van der Waals surface area contributed by atoms with Gasteiger partial charge in [-0.3, -0.25) is 20.2 Å². The molecule has 0 aliphatic rings. The Morgan fingerprint density at radius 2 is 1.10 bits per heavy atom. The van der Waals surface area contributed by atoms with Crippen LogP contribution in [-0.4, -0.2) is 37.2 Å². The van der Waals surface area contributed by atoms with Gasteiger partial charge in [-0.25, -0.2) is 9.59 Å². The molecule has 0 heterocycles. The molecule has 4 amide bonds. The maximum atomic E-state index is 11.8. The van der Waals surface area contributed by atoms with Gasteiger partial charge in [-0.15, -0.1) is 0 Å². The molecule has 10 heteroatoms. The van der Waals surface area contributed by atoms with Crippen molar-refractivity contribution in [3.8, 4) is 0 Å². The highest BCUT2D eigenvalue weighted by molar-refractivity contribution is 5.95. The van der Waals surface area contributed by atoms with Gasteiger partial charge in [-0.05, 0) is 55.7 Å². The van der Waals surface area contributed by atoms with E-state index in [0.29, 0.717) is 30.6 Å². The fourth-order valence-electron chi connectivity index (χ4n) is 2.52. The maximum Gasteiger partial charge on any atom is 0.411 e. The van der Waals surface area contributed by atoms with Gasteiger partial charge < -0.3 is 20.9 Å². The fraction of sp³-hybridized carbons (Fsp3) is 0.238. The monoisotopic (exact) mass is 428 g/mol. The molecule has 2 aromatic carbocycles. The third-order valence-electron chi connectivity index (χ3n) is 4.04. The van der Waals surface area contributed by atoms with Gasteiger partial charge in [0.15, 0.2) is 0 Å². The van der Waals surface area contributed by atoms with Crippen LogP contribution in [0, 0.1) is 0 Å². The Balaban J connectivity index is 1.57. The first-order chi connectivity index (χ1) is 14.8. The van der Waals surface area contributed by atoms with E-state index in [1.54, 1.807) is 36.4 Å². The number of amides is 4. The van der Waals surface area contributed by atoms with Crippen molar-refractivity contribution in [2.45, 2.75) is 19.3 Å². The van der Waals surface area contributed by atoms with Crippen LogP contribution in [0.2, 0.25) is 0 Å². The number of rotatable bonds is 10. The largest absolute Gasteiger partial charge is 0.449 e. The van der Waals surface area contributed by atoms with E-state index < -0.39 is 24.0 Å². The second-order valence-corrected chi connectivity index (χ2v) is 6.47. The lowest BCUT2D eigenvalue weighted by atomic mass is 10.2. The van der Waals surface area contributed by atoms with Crippen molar-refractivity contribution in [1.82, 2.24) is 0 Å². The molecule has 0 saturated heterocycles. The van der Waals surface area contributed by atoms with Crippen LogP contribution in [0.4, 0.5) is 21.0 Å². The maximum absolute atomic E-state index is 11.8. The van der Waals surface area contributed by atoms with Crippen LogP contribution in [0.5, 0.6) is 0 Å². The average molecular weight is 428 g/mol. The van der Waals surface area contributed by atoms with Crippen LogP contribution in [-0.2, 0) is 9.47 Å². The molecule has 10 nitrogen and oxygen atoms in total. The Morgan fingerprint density at radius 1 is 0.677 bits per heavy atom. The minimum absolute atomic E-state index is 0.188. The second kappa shape index (κ2) is 11.8. The number of hydrogen-bond donors (Lipinski definition) is 4. The fourth-order valence-corrected chi connectivity index (χ4v) is 2.52. The first kappa shape index (κ1) is 23.2. The molecule has 0 aliphatic carbocycles. The Morgan fingerprint density at radius 3 is 1.48 bits per heavy atom. The highest BCUT2D eigenvalue weighted by Crippen LogP contribution is 2.12. The number of nitrogens with two attached hydrogens (primary N) is 2. The summed E-state index contributed by atoms with van der Waals surface area (Å²) in [6, 6.07) is 12.4. The van der Waals surface area contributed by atoms with E-state index in [4.69, 9.17) is 20.9 Å². The number of primary amides is 2. The van der Waals surface area contributed by atoms with E-state index in [9.17, 15) is 19.2 Å². The zero-order valence-electron chi connectivity index (χ0n) is 16.8. The number of nitrogens with one attached hydrogen (secondary N) is 2. The van der Waals surface area contributed by atoms with Gasteiger partial charge >= 0.3 is 12.2 Å². The van der Waals surface area contributed by atoms with E-state index in [1.807, 2.05) is 0 Å². The third kappa shape index (κ3) is 8.44. The minimum Gasteiger partial charge on any atom is -0.449 e. The van der Waals surface area contributed by atoms with E-state index >= 15 is 0 Å². The molecule has 0 fully saturated rings. The molecule has 0 atom stereocenters. The van der Waals surface area contributed by atoms with Crippen molar-refractivity contribution in [1.29, 1.82) is 0 Å². The third-order valence-corrected chi connectivity index (χ3v) is 4.04. The van der Waals surface area contributed by atoms with E-state index in [0.717, 1.165) is 0 Å². The predicted molar refractivity (Wildman–Crippen MR) is 114 cm³/mol. The van der Waals surface area contributed by atoms with E-state index in [2.05, 4.69) is 10.6 Å². The van der Waals surface area contributed by atoms with Gasteiger partial charge in [-0.1, -0.05) is 12.1 Å². The molecule has 164 valence electrons. The highest BCUT2D eigenvalue weighted by atomic mass is 16.6. The molecule has 2 aromatic rings. The lowest BCUT2D eigenvalue weighted by Gasteiger charge is -2.09. The van der Waals surface area contributed by atoms with Crippen molar-refractivity contribution < 1.29 is 28.7 Å². The van der Waals surface area contributed by atoms with Gasteiger partial charge in [0.2, 0.25) is 11.8 Å². The highest BCUT2D eigenvalue weighted by Gasteiger charge is 2.07. The number of ether oxygens (including phenoxy) is 2. The van der Waals surface area contributed by atoms with Crippen LogP contribution in [0.15, 0.2) is 48.5 Å². The molecular formula is C21H24N4O6. The number of unbranched alkanes of at least 4 members (excludes halogenated alkanes) is 2. The van der Waals surface area contributed by atoms with Crippen LogP contribution >= 0.6 is 0 Å². The van der Waals surface area contributed by atoms with Gasteiger partial charge in [0, 0.05) is 22.5 Å². The molecule has 0 aromatic heterocycles. The van der Waals surface area contributed by atoms with Crippen molar-refractivity contribution >= 4 is 35.4 Å². The quantitative estimate of drug-likeness (QED) is 0.425. The van der Waals surface area contributed by atoms with E-state index in [1.165, 1.54) is 12.1 Å². The van der Waals surface area contributed by atoms with Crippen LogP contribution in [0.25, 0.3) is 0 Å². The zero-order chi connectivity index (χ0) is 22.6. The molecule has 31 heavy (non-hydrogen) atoms. The number of benzene rings is 2. The van der Waals surface area contributed by atoms with Crippen LogP contribution < -0.4 is 22.1 Å². The molecule has 0 aliphatic heterocycles. The summed E-state index contributed by atoms with van der Waals surface area (Å²) in [6.45, 7) is 0.376.